The largest absolute Gasteiger partial charge is 0.507 e. The van der Waals surface area contributed by atoms with Gasteiger partial charge in [-0.05, 0) is 6.07 Å². The summed E-state index contributed by atoms with van der Waals surface area (Å²) in [6, 6.07) is 17.2. The molecule has 1 aliphatic heterocycles. The Labute approximate surface area is 175 Å². The highest BCUT2D eigenvalue weighted by atomic mass is 19.4. The molecular weight excluding hydrogens is 407 g/mol. The zero-order valence-electron chi connectivity index (χ0n) is 15.7. The van der Waals surface area contributed by atoms with Gasteiger partial charge in [0.15, 0.2) is 11.3 Å². The van der Waals surface area contributed by atoms with E-state index in [2.05, 4.69) is 0 Å². The number of hydrogen-bond donors (Lipinski definition) is 1. The van der Waals surface area contributed by atoms with Gasteiger partial charge in [-0.1, -0.05) is 60.7 Å². The number of aromatic hydroxyl groups is 1. The van der Waals surface area contributed by atoms with Crippen molar-refractivity contribution in [3.63, 3.8) is 0 Å². The van der Waals surface area contributed by atoms with Crippen molar-refractivity contribution < 1.29 is 23.0 Å². The molecule has 0 radical (unpaired) electrons. The number of phenols is 1. The number of nitrogens with zero attached hydrogens (tertiary/aromatic N) is 3. The lowest BCUT2D eigenvalue weighted by Gasteiger charge is -2.33. The number of allylic oxidation sites excluding steroid dienone is 2. The van der Waals surface area contributed by atoms with Gasteiger partial charge in [-0.3, -0.25) is 0 Å². The standard InChI is InChI=1S/C23H12F3N3O2/c24-23(25,26)22(17-7-2-1-3-8-17)19(11-10-15-6-4-5-9-20(15)30)18(14-29)21(31-22)16(12-27)13-28/h1-11,30H/b11-10+. The lowest BCUT2D eigenvalue weighted by molar-refractivity contribution is -0.249. The molecule has 0 saturated heterocycles. The van der Waals surface area contributed by atoms with Crippen LogP contribution in [0.4, 0.5) is 13.2 Å². The van der Waals surface area contributed by atoms with Crippen molar-refractivity contribution >= 4 is 6.08 Å². The minimum absolute atomic E-state index is 0.181. The molecule has 0 amide bonds. The monoisotopic (exact) mass is 419 g/mol. The molecule has 0 aliphatic carbocycles. The molecule has 2 aromatic rings. The molecular formula is C23H12F3N3O2. The number of alkyl halides is 3. The van der Waals surface area contributed by atoms with E-state index in [-0.39, 0.29) is 16.9 Å². The Morgan fingerprint density at radius 3 is 2.10 bits per heavy atom. The second-order valence-corrected chi connectivity index (χ2v) is 6.37. The quantitative estimate of drug-likeness (QED) is 0.705. The Bertz CT molecular complexity index is 1220. The maximum Gasteiger partial charge on any atom is 0.437 e. The topological polar surface area (TPSA) is 101 Å². The van der Waals surface area contributed by atoms with Gasteiger partial charge in [0.1, 0.15) is 29.5 Å². The summed E-state index contributed by atoms with van der Waals surface area (Å²) in [6.07, 6.45) is -2.85. The average Bonchev–Trinajstić information content (AvgIpc) is 3.10. The maximum absolute atomic E-state index is 14.6. The number of nitriles is 3. The lowest BCUT2D eigenvalue weighted by Crippen LogP contribution is -2.43. The van der Waals surface area contributed by atoms with Crippen LogP contribution in [0, 0.1) is 34.0 Å². The second-order valence-electron chi connectivity index (χ2n) is 6.37. The minimum Gasteiger partial charge on any atom is -0.507 e. The second kappa shape index (κ2) is 8.10. The summed E-state index contributed by atoms with van der Waals surface area (Å²) in [5.41, 5.74) is -5.21. The zero-order valence-corrected chi connectivity index (χ0v) is 15.7. The fraction of sp³-hybridized carbons (Fsp3) is 0.0870. The number of halogens is 3. The normalized spacial score (nSPS) is 18.3. The molecule has 0 saturated carbocycles. The van der Waals surface area contributed by atoms with E-state index in [0.717, 1.165) is 6.08 Å². The maximum atomic E-state index is 14.6. The Morgan fingerprint density at radius 1 is 0.935 bits per heavy atom. The summed E-state index contributed by atoms with van der Waals surface area (Å²) in [5, 5.41) is 38.0. The molecule has 1 N–H and O–H groups in total. The van der Waals surface area contributed by atoms with Crippen LogP contribution in [0.1, 0.15) is 11.1 Å². The number of rotatable bonds is 3. The highest BCUT2D eigenvalue weighted by Crippen LogP contribution is 2.55. The van der Waals surface area contributed by atoms with Gasteiger partial charge in [-0.2, -0.15) is 29.0 Å². The lowest BCUT2D eigenvalue weighted by atomic mass is 9.83. The highest BCUT2D eigenvalue weighted by Gasteiger charge is 2.65. The number of hydrogen-bond acceptors (Lipinski definition) is 5. The smallest absolute Gasteiger partial charge is 0.437 e. The number of benzene rings is 2. The Morgan fingerprint density at radius 2 is 1.55 bits per heavy atom. The number of ether oxygens (including phenoxy) is 1. The summed E-state index contributed by atoms with van der Waals surface area (Å²) in [4.78, 5) is 0. The van der Waals surface area contributed by atoms with Crippen LogP contribution < -0.4 is 0 Å². The van der Waals surface area contributed by atoms with Crippen molar-refractivity contribution in [1.82, 2.24) is 0 Å². The van der Waals surface area contributed by atoms with Gasteiger partial charge in [0, 0.05) is 16.7 Å². The third-order valence-electron chi connectivity index (χ3n) is 4.64. The summed E-state index contributed by atoms with van der Waals surface area (Å²) in [7, 11) is 0. The molecule has 0 aromatic heterocycles. The molecule has 1 unspecified atom stereocenters. The first-order valence-corrected chi connectivity index (χ1v) is 8.77. The SMILES string of the molecule is N#CC(C#N)=C1OC(c2ccccc2)(C(F)(F)F)C(/C=C/c2ccccc2O)=C1C#N. The molecule has 2 aromatic carbocycles. The third-order valence-corrected chi connectivity index (χ3v) is 4.64. The first kappa shape index (κ1) is 21.2. The Hall–Kier alpha value is -4.48. The van der Waals surface area contributed by atoms with E-state index in [4.69, 9.17) is 4.74 Å². The third kappa shape index (κ3) is 3.50. The fourth-order valence-corrected chi connectivity index (χ4v) is 3.23. The summed E-state index contributed by atoms with van der Waals surface area (Å²) < 4.78 is 49.0. The molecule has 5 nitrogen and oxygen atoms in total. The summed E-state index contributed by atoms with van der Waals surface area (Å²) >= 11 is 0. The first-order valence-electron chi connectivity index (χ1n) is 8.77. The van der Waals surface area contributed by atoms with Crippen LogP contribution in [0.25, 0.3) is 6.08 Å². The molecule has 1 heterocycles. The molecule has 0 fully saturated rings. The van der Waals surface area contributed by atoms with Crippen LogP contribution in [-0.4, -0.2) is 11.3 Å². The van der Waals surface area contributed by atoms with Crippen LogP contribution >= 0.6 is 0 Å². The zero-order chi connectivity index (χ0) is 22.6. The van der Waals surface area contributed by atoms with Crippen molar-refractivity contribution in [3.05, 3.63) is 94.3 Å². The van der Waals surface area contributed by atoms with Gasteiger partial charge >= 0.3 is 6.18 Å². The fourth-order valence-electron chi connectivity index (χ4n) is 3.23. The van der Waals surface area contributed by atoms with Crippen LogP contribution in [0.15, 0.2) is 83.2 Å². The van der Waals surface area contributed by atoms with Crippen LogP contribution in [0.5, 0.6) is 5.75 Å². The molecule has 8 heteroatoms. The summed E-state index contributed by atoms with van der Waals surface area (Å²) in [6.45, 7) is 0. The van der Waals surface area contributed by atoms with Crippen LogP contribution in [0.2, 0.25) is 0 Å². The van der Waals surface area contributed by atoms with Crippen molar-refractivity contribution in [2.75, 3.05) is 0 Å². The molecule has 1 atom stereocenters. The molecule has 152 valence electrons. The first-order chi connectivity index (χ1) is 14.8. The number of phenolic OH excluding ortho intramolecular Hbond substituents is 1. The van der Waals surface area contributed by atoms with E-state index in [1.165, 1.54) is 60.7 Å². The predicted molar refractivity (Wildman–Crippen MR) is 103 cm³/mol. The van der Waals surface area contributed by atoms with Crippen molar-refractivity contribution in [1.29, 1.82) is 15.8 Å². The van der Waals surface area contributed by atoms with Gasteiger partial charge in [0.25, 0.3) is 5.60 Å². The molecule has 0 bridgehead atoms. The van der Waals surface area contributed by atoms with Gasteiger partial charge in [0.05, 0.1) is 0 Å². The Kier molecular flexibility index (Phi) is 5.55. The Balaban J connectivity index is 2.40. The van der Waals surface area contributed by atoms with E-state index in [1.54, 1.807) is 18.2 Å². The molecule has 3 rings (SSSR count). The number of para-hydroxylation sites is 1. The van der Waals surface area contributed by atoms with E-state index in [0.29, 0.717) is 0 Å². The minimum atomic E-state index is -5.06. The van der Waals surface area contributed by atoms with Gasteiger partial charge < -0.3 is 9.84 Å². The molecule has 1 aliphatic rings. The van der Waals surface area contributed by atoms with Crippen molar-refractivity contribution in [2.45, 2.75) is 11.8 Å². The molecule has 0 spiro atoms. The summed E-state index contributed by atoms with van der Waals surface area (Å²) in [5.74, 6) is -0.926. The average molecular weight is 419 g/mol. The predicted octanol–water partition coefficient (Wildman–Crippen LogP) is 5.01. The van der Waals surface area contributed by atoms with E-state index in [9.17, 15) is 34.1 Å². The van der Waals surface area contributed by atoms with E-state index >= 15 is 0 Å². The van der Waals surface area contributed by atoms with Crippen LogP contribution in [-0.2, 0) is 10.3 Å². The van der Waals surface area contributed by atoms with E-state index < -0.39 is 34.3 Å². The van der Waals surface area contributed by atoms with Gasteiger partial charge in [0.2, 0.25) is 0 Å². The van der Waals surface area contributed by atoms with E-state index in [1.807, 2.05) is 0 Å². The highest BCUT2D eigenvalue weighted by molar-refractivity contribution is 5.68. The van der Waals surface area contributed by atoms with Gasteiger partial charge in [-0.25, -0.2) is 0 Å². The van der Waals surface area contributed by atoms with Crippen molar-refractivity contribution in [3.8, 4) is 24.0 Å². The van der Waals surface area contributed by atoms with Crippen LogP contribution in [0.3, 0.4) is 0 Å². The van der Waals surface area contributed by atoms with Crippen molar-refractivity contribution in [2.24, 2.45) is 0 Å². The molecule has 31 heavy (non-hydrogen) atoms. The van der Waals surface area contributed by atoms with Gasteiger partial charge in [-0.15, -0.1) is 0 Å².